The highest BCUT2D eigenvalue weighted by Gasteiger charge is 2.33. The molecule has 1 aromatic heterocycles. The molecule has 3 atom stereocenters. The molecule has 9 heteroatoms. The largest absolute Gasteiger partial charge is 0.492 e. The van der Waals surface area contributed by atoms with Crippen LogP contribution in [-0.2, 0) is 9.47 Å². The summed E-state index contributed by atoms with van der Waals surface area (Å²) in [6.45, 7) is 8.82. The second-order valence-corrected chi connectivity index (χ2v) is 7.47. The van der Waals surface area contributed by atoms with Crippen molar-refractivity contribution in [3.8, 4) is 0 Å². The Hall–Kier alpha value is -2.49. The number of rotatable bonds is 7. The molecule has 0 amide bonds. The summed E-state index contributed by atoms with van der Waals surface area (Å²) >= 11 is 0. The van der Waals surface area contributed by atoms with E-state index < -0.39 is 11.9 Å². The Morgan fingerprint density at radius 1 is 1.41 bits per heavy atom. The van der Waals surface area contributed by atoms with Crippen LogP contribution in [0, 0.1) is 5.92 Å². The zero-order valence-electron chi connectivity index (χ0n) is 16.9. The van der Waals surface area contributed by atoms with E-state index in [4.69, 9.17) is 15.3 Å². The van der Waals surface area contributed by atoms with Gasteiger partial charge in [-0.05, 0) is 25.5 Å². The zero-order valence-corrected chi connectivity index (χ0v) is 16.9. The van der Waals surface area contributed by atoms with Crippen LogP contribution >= 0.6 is 0 Å². The number of nitrogens with zero attached hydrogens (tertiary/aromatic N) is 3. The molecule has 0 aromatic carbocycles. The summed E-state index contributed by atoms with van der Waals surface area (Å²) in [4.78, 5) is 10.6. The summed E-state index contributed by atoms with van der Waals surface area (Å²) in [5.41, 5.74) is 4.34. The number of hydrogen-bond donors (Lipinski definition) is 3. The second-order valence-electron chi connectivity index (χ2n) is 7.47. The summed E-state index contributed by atoms with van der Waals surface area (Å²) in [6.07, 6.45) is 2.07. The average molecular weight is 405 g/mol. The van der Waals surface area contributed by atoms with Gasteiger partial charge in [0.2, 0.25) is 0 Å². The fourth-order valence-corrected chi connectivity index (χ4v) is 3.60. The zero-order chi connectivity index (χ0) is 21.1. The lowest BCUT2D eigenvalue weighted by molar-refractivity contribution is 0.0217. The van der Waals surface area contributed by atoms with Crippen LogP contribution in [0.15, 0.2) is 42.3 Å². The van der Waals surface area contributed by atoms with E-state index in [1.54, 1.807) is 13.2 Å². The normalized spacial score (nSPS) is 24.7. The fraction of sp³-hybridized carbons (Fsp3) is 0.500. The van der Waals surface area contributed by atoms with Gasteiger partial charge in [0.1, 0.15) is 24.0 Å². The number of allylic oxidation sites excluding steroid dienone is 4. The molecule has 1 aliphatic heterocycles. The summed E-state index contributed by atoms with van der Waals surface area (Å²) in [5.74, 6) is 5.79. The predicted octanol–water partition coefficient (Wildman–Crippen LogP) is 1.66. The number of anilines is 1. The molecule has 4 N–H and O–H groups in total. The molecule has 2 aliphatic rings. The van der Waals surface area contributed by atoms with Gasteiger partial charge >= 0.3 is 0 Å². The molecule has 29 heavy (non-hydrogen) atoms. The molecule has 1 fully saturated rings. The monoisotopic (exact) mass is 405 g/mol. The van der Waals surface area contributed by atoms with Crippen LogP contribution in [0.25, 0.3) is 5.57 Å². The SMILES string of the molecule is C=C(c1cc(N2C[C@H](OC)[C@@H](O)C2)ncn1)[C@H]1CC(OC(C)C)=C(F)C=C1NN. The summed E-state index contributed by atoms with van der Waals surface area (Å²) in [6, 6.07) is 1.80. The van der Waals surface area contributed by atoms with Crippen molar-refractivity contribution in [3.05, 3.63) is 48.0 Å². The quantitative estimate of drug-likeness (QED) is 0.465. The van der Waals surface area contributed by atoms with Gasteiger partial charge in [-0.25, -0.2) is 14.4 Å². The van der Waals surface area contributed by atoms with Crippen LogP contribution in [0.2, 0.25) is 0 Å². The number of aliphatic hydroxyl groups is 1. The molecule has 0 saturated carbocycles. The van der Waals surface area contributed by atoms with E-state index in [2.05, 4.69) is 22.0 Å². The van der Waals surface area contributed by atoms with Crippen LogP contribution < -0.4 is 16.2 Å². The maximum Gasteiger partial charge on any atom is 0.162 e. The molecule has 1 aromatic rings. The van der Waals surface area contributed by atoms with E-state index in [1.165, 1.54) is 12.4 Å². The Kier molecular flexibility index (Phi) is 6.51. The van der Waals surface area contributed by atoms with Crippen LogP contribution in [0.5, 0.6) is 0 Å². The molecule has 0 radical (unpaired) electrons. The predicted molar refractivity (Wildman–Crippen MR) is 108 cm³/mol. The lowest BCUT2D eigenvalue weighted by atomic mass is 9.87. The molecule has 0 unspecified atom stereocenters. The molecule has 158 valence electrons. The van der Waals surface area contributed by atoms with Crippen LogP contribution in [0.4, 0.5) is 10.2 Å². The first-order valence-electron chi connectivity index (χ1n) is 9.54. The van der Waals surface area contributed by atoms with Crippen LogP contribution in [0.3, 0.4) is 0 Å². The van der Waals surface area contributed by atoms with E-state index in [1.807, 2.05) is 18.7 Å². The first kappa shape index (κ1) is 21.2. The molecule has 8 nitrogen and oxygen atoms in total. The minimum atomic E-state index is -0.584. The molecule has 0 bridgehead atoms. The van der Waals surface area contributed by atoms with Crippen molar-refractivity contribution in [2.75, 3.05) is 25.1 Å². The molecule has 0 spiro atoms. The van der Waals surface area contributed by atoms with Gasteiger partial charge in [0.25, 0.3) is 0 Å². The maximum atomic E-state index is 14.3. The number of hydrogen-bond acceptors (Lipinski definition) is 8. The third-order valence-corrected chi connectivity index (χ3v) is 5.12. The molecule has 3 rings (SSSR count). The number of β-amino-alcohol motifs (C(OH)–C–C–N with tert-alkyl or cyclic N) is 1. The van der Waals surface area contributed by atoms with Crippen molar-refractivity contribution in [2.24, 2.45) is 11.8 Å². The van der Waals surface area contributed by atoms with E-state index in [-0.39, 0.29) is 30.3 Å². The van der Waals surface area contributed by atoms with Gasteiger partial charge in [-0.15, -0.1) is 0 Å². The minimum Gasteiger partial charge on any atom is -0.492 e. The van der Waals surface area contributed by atoms with Crippen molar-refractivity contribution < 1.29 is 19.0 Å². The molecule has 1 aliphatic carbocycles. The number of aliphatic hydroxyl groups excluding tert-OH is 1. The number of ether oxygens (including phenoxy) is 2. The van der Waals surface area contributed by atoms with Crippen molar-refractivity contribution in [3.63, 3.8) is 0 Å². The van der Waals surface area contributed by atoms with Gasteiger partial charge in [0.05, 0.1) is 17.9 Å². The number of nitrogens with one attached hydrogen (secondary N) is 1. The van der Waals surface area contributed by atoms with Crippen molar-refractivity contribution in [2.45, 2.75) is 38.6 Å². The number of hydrazine groups is 1. The van der Waals surface area contributed by atoms with Gasteiger partial charge < -0.3 is 24.9 Å². The number of aromatic nitrogens is 2. The highest BCUT2D eigenvalue weighted by Crippen LogP contribution is 2.37. The summed E-state index contributed by atoms with van der Waals surface area (Å²) in [7, 11) is 1.57. The summed E-state index contributed by atoms with van der Waals surface area (Å²) in [5, 5.41) is 10.1. The smallest absolute Gasteiger partial charge is 0.162 e. The Morgan fingerprint density at radius 2 is 2.17 bits per heavy atom. The standard InChI is InChI=1S/C20H28FN5O3/c1-11(2)29-18-5-13(16(25-22)6-14(18)21)12(3)15-7-20(24-10-23-15)26-8-17(27)19(9-26)28-4/h6-7,10-11,13,17,19,25,27H,3,5,8-9,22H2,1-2,4H3/t13-,17+,19+/m1/s1. The highest BCUT2D eigenvalue weighted by atomic mass is 19.1. The Labute approximate surface area is 169 Å². The minimum absolute atomic E-state index is 0.147. The van der Waals surface area contributed by atoms with Crippen molar-refractivity contribution in [1.29, 1.82) is 0 Å². The van der Waals surface area contributed by atoms with E-state index in [9.17, 15) is 9.50 Å². The van der Waals surface area contributed by atoms with E-state index in [0.717, 1.165) is 0 Å². The molecular weight excluding hydrogens is 377 g/mol. The second kappa shape index (κ2) is 8.89. The van der Waals surface area contributed by atoms with Crippen LogP contribution in [-0.4, -0.2) is 53.6 Å². The van der Waals surface area contributed by atoms with Gasteiger partial charge in [0, 0.05) is 44.3 Å². The maximum absolute atomic E-state index is 14.3. The Bertz CT molecular complexity index is 826. The van der Waals surface area contributed by atoms with E-state index >= 15 is 0 Å². The summed E-state index contributed by atoms with van der Waals surface area (Å²) < 4.78 is 25.3. The van der Waals surface area contributed by atoms with Gasteiger partial charge in [-0.1, -0.05) is 6.58 Å². The molecule has 1 saturated heterocycles. The van der Waals surface area contributed by atoms with Gasteiger partial charge in [-0.3, -0.25) is 5.84 Å². The number of methoxy groups -OCH3 is 1. The molecule has 2 heterocycles. The van der Waals surface area contributed by atoms with Crippen molar-refractivity contribution >= 4 is 11.4 Å². The first-order chi connectivity index (χ1) is 13.8. The first-order valence-corrected chi connectivity index (χ1v) is 9.54. The Balaban J connectivity index is 1.82. The average Bonchev–Trinajstić information content (AvgIpc) is 3.09. The van der Waals surface area contributed by atoms with Gasteiger partial charge in [-0.2, -0.15) is 0 Å². The Morgan fingerprint density at radius 3 is 2.79 bits per heavy atom. The third kappa shape index (κ3) is 4.58. The highest BCUT2D eigenvalue weighted by molar-refractivity contribution is 5.68. The third-order valence-electron chi connectivity index (χ3n) is 5.12. The van der Waals surface area contributed by atoms with Crippen LogP contribution in [0.1, 0.15) is 26.0 Å². The number of halogens is 1. The topological polar surface area (TPSA) is 106 Å². The molecular formula is C20H28FN5O3. The van der Waals surface area contributed by atoms with Crippen molar-refractivity contribution in [1.82, 2.24) is 15.4 Å². The van der Waals surface area contributed by atoms with Gasteiger partial charge in [0.15, 0.2) is 5.83 Å². The lowest BCUT2D eigenvalue weighted by Crippen LogP contribution is -2.30. The lowest BCUT2D eigenvalue weighted by Gasteiger charge is -2.28. The fourth-order valence-electron chi connectivity index (χ4n) is 3.60. The number of nitrogens with two attached hydrogens (primary N) is 1. The van der Waals surface area contributed by atoms with E-state index in [0.29, 0.717) is 35.9 Å².